The number of β-lactam (4-membered cyclic amide) rings is 1. The molecule has 2 aliphatic carbocycles. The molecular formula is C19H25N3O4S. The zero-order chi connectivity index (χ0) is 19.3. The van der Waals surface area contributed by atoms with Gasteiger partial charge in [-0.3, -0.25) is 4.79 Å². The van der Waals surface area contributed by atoms with Gasteiger partial charge in [0.05, 0.1) is 0 Å². The number of rotatable bonds is 4. The molecule has 3 aliphatic rings. The number of amides is 3. The van der Waals surface area contributed by atoms with Crippen molar-refractivity contribution in [1.82, 2.24) is 9.62 Å². The van der Waals surface area contributed by atoms with Gasteiger partial charge < -0.3 is 10.2 Å². The van der Waals surface area contributed by atoms with Crippen LogP contribution >= 0.6 is 0 Å². The quantitative estimate of drug-likeness (QED) is 0.764. The number of aryl methyl sites for hydroxylation is 2. The van der Waals surface area contributed by atoms with Crippen LogP contribution in [0, 0.1) is 0 Å². The Hall–Kier alpha value is -2.09. The maximum Gasteiger partial charge on any atom is 0.332 e. The van der Waals surface area contributed by atoms with Crippen molar-refractivity contribution in [2.45, 2.75) is 63.7 Å². The molecule has 1 atom stereocenters. The van der Waals surface area contributed by atoms with Gasteiger partial charge in [0.2, 0.25) is 15.9 Å². The van der Waals surface area contributed by atoms with E-state index in [-0.39, 0.29) is 12.6 Å². The lowest BCUT2D eigenvalue weighted by Gasteiger charge is -2.40. The molecule has 1 heterocycles. The Labute approximate surface area is 159 Å². The van der Waals surface area contributed by atoms with E-state index in [9.17, 15) is 18.0 Å². The summed E-state index contributed by atoms with van der Waals surface area (Å²) in [7, 11) is -4.04. The van der Waals surface area contributed by atoms with E-state index >= 15 is 0 Å². The van der Waals surface area contributed by atoms with Gasteiger partial charge in [-0.05, 0) is 74.6 Å². The SMILES string of the molecule is CC(C)N1CC(S(=O)(=O)NC(=O)Nc2c3c(cc4c2CCC4)CCC3)C1=O. The summed E-state index contributed by atoms with van der Waals surface area (Å²) in [5.74, 6) is -0.452. The smallest absolute Gasteiger partial charge is 0.332 e. The van der Waals surface area contributed by atoms with Crippen LogP contribution in [0.1, 0.15) is 48.9 Å². The van der Waals surface area contributed by atoms with E-state index in [0.717, 1.165) is 55.3 Å². The summed E-state index contributed by atoms with van der Waals surface area (Å²) in [6.07, 6.45) is 5.89. The van der Waals surface area contributed by atoms with E-state index in [1.165, 1.54) is 16.0 Å². The second-order valence-corrected chi connectivity index (χ2v) is 9.77. The lowest BCUT2D eigenvalue weighted by molar-refractivity contribution is -0.141. The van der Waals surface area contributed by atoms with E-state index in [4.69, 9.17) is 0 Å². The Balaban J connectivity index is 1.51. The molecule has 3 amide bonds. The zero-order valence-corrected chi connectivity index (χ0v) is 16.5. The van der Waals surface area contributed by atoms with Crippen LogP contribution in [0.2, 0.25) is 0 Å². The molecule has 0 bridgehead atoms. The van der Waals surface area contributed by atoms with Crippen molar-refractivity contribution in [1.29, 1.82) is 0 Å². The first-order valence-corrected chi connectivity index (χ1v) is 11.1. The number of carbonyl (C=O) groups excluding carboxylic acids is 2. The van der Waals surface area contributed by atoms with Crippen molar-refractivity contribution in [3.05, 3.63) is 28.3 Å². The zero-order valence-electron chi connectivity index (χ0n) is 15.7. The number of fused-ring (bicyclic) bond motifs is 2. The van der Waals surface area contributed by atoms with Crippen molar-refractivity contribution in [2.75, 3.05) is 11.9 Å². The van der Waals surface area contributed by atoms with Crippen molar-refractivity contribution >= 4 is 27.6 Å². The molecule has 0 radical (unpaired) electrons. The van der Waals surface area contributed by atoms with Crippen molar-refractivity contribution < 1.29 is 18.0 Å². The molecule has 1 aromatic carbocycles. The summed E-state index contributed by atoms with van der Waals surface area (Å²) in [5.41, 5.74) is 5.57. The fourth-order valence-corrected chi connectivity index (χ4v) is 5.63. The highest BCUT2D eigenvalue weighted by Crippen LogP contribution is 2.38. The van der Waals surface area contributed by atoms with Crippen LogP contribution in [0.5, 0.6) is 0 Å². The highest BCUT2D eigenvalue weighted by molar-refractivity contribution is 7.91. The molecule has 0 aromatic heterocycles. The summed E-state index contributed by atoms with van der Waals surface area (Å²) < 4.78 is 26.9. The van der Waals surface area contributed by atoms with E-state index in [1.807, 2.05) is 13.8 Å². The molecule has 0 spiro atoms. The molecule has 1 saturated heterocycles. The van der Waals surface area contributed by atoms with Crippen LogP contribution in [0.3, 0.4) is 0 Å². The monoisotopic (exact) mass is 391 g/mol. The molecule has 8 heteroatoms. The Kier molecular flexibility index (Phi) is 4.41. The molecule has 146 valence electrons. The highest BCUT2D eigenvalue weighted by Gasteiger charge is 2.47. The van der Waals surface area contributed by atoms with Crippen molar-refractivity contribution in [2.24, 2.45) is 0 Å². The second-order valence-electron chi connectivity index (χ2n) is 7.91. The fraction of sp³-hybridized carbons (Fsp3) is 0.579. The topological polar surface area (TPSA) is 95.6 Å². The van der Waals surface area contributed by atoms with Gasteiger partial charge in [-0.25, -0.2) is 17.9 Å². The van der Waals surface area contributed by atoms with Crippen LogP contribution in [0.4, 0.5) is 10.5 Å². The molecule has 4 rings (SSSR count). The highest BCUT2D eigenvalue weighted by atomic mass is 32.2. The molecule has 1 unspecified atom stereocenters. The molecule has 7 nitrogen and oxygen atoms in total. The van der Waals surface area contributed by atoms with E-state index in [1.54, 1.807) is 0 Å². The third-order valence-electron chi connectivity index (χ3n) is 5.87. The molecule has 1 aromatic rings. The fourth-order valence-electron chi connectivity index (χ4n) is 4.42. The summed E-state index contributed by atoms with van der Waals surface area (Å²) in [4.78, 5) is 26.0. The van der Waals surface area contributed by atoms with Gasteiger partial charge in [0.1, 0.15) is 0 Å². The van der Waals surface area contributed by atoms with Crippen LogP contribution in [0.25, 0.3) is 0 Å². The largest absolute Gasteiger partial charge is 0.337 e. The van der Waals surface area contributed by atoms with Gasteiger partial charge in [0.25, 0.3) is 0 Å². The molecule has 27 heavy (non-hydrogen) atoms. The predicted octanol–water partition coefficient (Wildman–Crippen LogP) is 1.73. The Bertz CT molecular complexity index is 891. The number of likely N-dealkylation sites (tertiary alicyclic amines) is 1. The Morgan fingerprint density at radius 3 is 2.22 bits per heavy atom. The Morgan fingerprint density at radius 1 is 1.11 bits per heavy atom. The minimum atomic E-state index is -4.04. The van der Waals surface area contributed by atoms with Crippen LogP contribution < -0.4 is 10.0 Å². The summed E-state index contributed by atoms with van der Waals surface area (Å²) in [5, 5.41) is 1.61. The lowest BCUT2D eigenvalue weighted by Crippen LogP contribution is -2.64. The third-order valence-corrected chi connectivity index (χ3v) is 7.44. The van der Waals surface area contributed by atoms with Gasteiger partial charge in [0, 0.05) is 18.3 Å². The number of hydrogen-bond acceptors (Lipinski definition) is 4. The number of anilines is 1. The number of benzene rings is 1. The van der Waals surface area contributed by atoms with Crippen molar-refractivity contribution in [3.8, 4) is 0 Å². The minimum absolute atomic E-state index is 0.0488. The summed E-state index contributed by atoms with van der Waals surface area (Å²) >= 11 is 0. The lowest BCUT2D eigenvalue weighted by atomic mass is 9.99. The van der Waals surface area contributed by atoms with Crippen molar-refractivity contribution in [3.63, 3.8) is 0 Å². The van der Waals surface area contributed by atoms with Gasteiger partial charge in [-0.2, -0.15) is 0 Å². The van der Waals surface area contributed by atoms with Crippen LogP contribution in [0.15, 0.2) is 6.07 Å². The number of nitrogens with one attached hydrogen (secondary N) is 2. The van der Waals surface area contributed by atoms with Gasteiger partial charge in [0.15, 0.2) is 5.25 Å². The van der Waals surface area contributed by atoms with E-state index in [2.05, 4.69) is 16.1 Å². The summed E-state index contributed by atoms with van der Waals surface area (Å²) in [6, 6.07) is 1.42. The van der Waals surface area contributed by atoms with E-state index in [0.29, 0.717) is 0 Å². The molecular weight excluding hydrogens is 366 g/mol. The number of sulfonamides is 1. The van der Waals surface area contributed by atoms with Crippen LogP contribution in [-0.2, 0) is 40.5 Å². The maximum atomic E-state index is 12.5. The third kappa shape index (κ3) is 3.09. The average Bonchev–Trinajstić information content (AvgIpc) is 3.20. The molecule has 0 saturated carbocycles. The number of nitrogens with zero attached hydrogens (tertiary/aromatic N) is 1. The number of carbonyl (C=O) groups is 2. The average molecular weight is 391 g/mol. The minimum Gasteiger partial charge on any atom is -0.337 e. The maximum absolute atomic E-state index is 12.5. The molecule has 1 fully saturated rings. The standard InChI is InChI=1S/C19H25N3O4S/c1-11(2)22-10-16(18(22)23)27(25,26)21-19(24)20-17-14-7-3-5-12(14)9-13-6-4-8-15(13)17/h9,11,16H,3-8,10H2,1-2H3,(H2,20,21,24). The molecule has 2 N–H and O–H groups in total. The van der Waals surface area contributed by atoms with Crippen LogP contribution in [-0.4, -0.2) is 43.1 Å². The van der Waals surface area contributed by atoms with Gasteiger partial charge in [-0.15, -0.1) is 0 Å². The van der Waals surface area contributed by atoms with Gasteiger partial charge >= 0.3 is 6.03 Å². The second kappa shape index (κ2) is 6.51. The normalized spacial score (nSPS) is 21.1. The summed E-state index contributed by atoms with van der Waals surface area (Å²) in [6.45, 7) is 3.78. The first kappa shape index (κ1) is 18.3. The van der Waals surface area contributed by atoms with E-state index < -0.39 is 27.2 Å². The first-order valence-electron chi connectivity index (χ1n) is 9.57. The Morgan fingerprint density at radius 2 is 1.70 bits per heavy atom. The first-order chi connectivity index (χ1) is 12.8. The number of hydrogen-bond donors (Lipinski definition) is 2. The molecule has 1 aliphatic heterocycles. The number of urea groups is 1. The predicted molar refractivity (Wildman–Crippen MR) is 102 cm³/mol. The van der Waals surface area contributed by atoms with Gasteiger partial charge in [-0.1, -0.05) is 6.07 Å².